The lowest BCUT2D eigenvalue weighted by Crippen LogP contribution is -2.12. The molecule has 1 aliphatic carbocycles. The van der Waals surface area contributed by atoms with Crippen molar-refractivity contribution in [2.45, 2.75) is 6.10 Å². The van der Waals surface area contributed by atoms with E-state index >= 15 is 0 Å². The van der Waals surface area contributed by atoms with Crippen LogP contribution in [0.4, 0.5) is 0 Å². The quantitative estimate of drug-likeness (QED) is 0.472. The molecule has 0 saturated heterocycles. The van der Waals surface area contributed by atoms with Crippen molar-refractivity contribution < 1.29 is 4.74 Å². The van der Waals surface area contributed by atoms with Crippen LogP contribution in [0.2, 0.25) is 0 Å². The van der Waals surface area contributed by atoms with Crippen LogP contribution in [0.25, 0.3) is 0 Å². The summed E-state index contributed by atoms with van der Waals surface area (Å²) in [6.07, 6.45) is 12.4. The van der Waals surface area contributed by atoms with Crippen LogP contribution < -0.4 is 0 Å². The Hall–Kier alpha value is -0.980. The molecule has 2 atom stereocenters. The topological polar surface area (TPSA) is 9.23 Å². The SMILES string of the molecule is C1=C[C@@H]2C=CO[C@H]2C=C1. The van der Waals surface area contributed by atoms with Gasteiger partial charge in [-0.2, -0.15) is 0 Å². The van der Waals surface area contributed by atoms with Crippen molar-refractivity contribution in [1.82, 2.24) is 0 Å². The van der Waals surface area contributed by atoms with E-state index in [2.05, 4.69) is 24.3 Å². The van der Waals surface area contributed by atoms with Gasteiger partial charge in [0.15, 0.2) is 0 Å². The Labute approximate surface area is 54.3 Å². The van der Waals surface area contributed by atoms with Gasteiger partial charge in [-0.3, -0.25) is 0 Å². The lowest BCUT2D eigenvalue weighted by Gasteiger charge is -2.12. The van der Waals surface area contributed by atoms with Gasteiger partial charge in [-0.25, -0.2) is 0 Å². The molecule has 0 bridgehead atoms. The molecule has 0 unspecified atom stereocenters. The van der Waals surface area contributed by atoms with Crippen molar-refractivity contribution >= 4 is 0 Å². The fourth-order valence-corrected chi connectivity index (χ4v) is 1.14. The molecule has 0 radical (unpaired) electrons. The zero-order valence-corrected chi connectivity index (χ0v) is 5.03. The maximum atomic E-state index is 5.24. The van der Waals surface area contributed by atoms with E-state index < -0.39 is 0 Å². The Balaban J connectivity index is 2.25. The number of rotatable bonds is 0. The first-order valence-electron chi connectivity index (χ1n) is 3.14. The van der Waals surface area contributed by atoms with Crippen LogP contribution in [-0.4, -0.2) is 6.10 Å². The molecule has 0 spiro atoms. The maximum absolute atomic E-state index is 5.24. The number of fused-ring (bicyclic) bond motifs is 1. The van der Waals surface area contributed by atoms with Gasteiger partial charge in [0, 0.05) is 5.92 Å². The van der Waals surface area contributed by atoms with E-state index in [0.717, 1.165) is 0 Å². The Kier molecular flexibility index (Phi) is 0.950. The van der Waals surface area contributed by atoms with E-state index in [0.29, 0.717) is 5.92 Å². The molecular formula is C8H8O. The summed E-state index contributed by atoms with van der Waals surface area (Å²) in [5.41, 5.74) is 0. The summed E-state index contributed by atoms with van der Waals surface area (Å²) < 4.78 is 5.24. The van der Waals surface area contributed by atoms with Gasteiger partial charge in [0.05, 0.1) is 6.26 Å². The van der Waals surface area contributed by atoms with Gasteiger partial charge in [0.25, 0.3) is 0 Å². The number of ether oxygens (including phenoxy) is 1. The number of allylic oxidation sites excluding steroid dienone is 2. The summed E-state index contributed by atoms with van der Waals surface area (Å²) in [5.74, 6) is 0.495. The molecule has 0 saturated carbocycles. The summed E-state index contributed by atoms with van der Waals surface area (Å²) in [5, 5.41) is 0. The second-order valence-corrected chi connectivity index (χ2v) is 2.28. The van der Waals surface area contributed by atoms with Crippen LogP contribution in [0.1, 0.15) is 0 Å². The van der Waals surface area contributed by atoms with E-state index in [1.165, 1.54) is 0 Å². The summed E-state index contributed by atoms with van der Waals surface area (Å²) in [7, 11) is 0. The zero-order chi connectivity index (χ0) is 6.10. The maximum Gasteiger partial charge on any atom is 0.126 e. The molecule has 0 aromatic heterocycles. The molecule has 1 aliphatic heterocycles. The second-order valence-electron chi connectivity index (χ2n) is 2.28. The molecule has 9 heavy (non-hydrogen) atoms. The first kappa shape index (κ1) is 4.86. The lowest BCUT2D eigenvalue weighted by molar-refractivity contribution is 0.192. The van der Waals surface area contributed by atoms with Gasteiger partial charge in [0.2, 0.25) is 0 Å². The Morgan fingerprint density at radius 2 is 1.89 bits per heavy atom. The average Bonchev–Trinajstić information content (AvgIpc) is 2.33. The normalized spacial score (nSPS) is 36.4. The van der Waals surface area contributed by atoms with Gasteiger partial charge in [0.1, 0.15) is 6.10 Å². The molecule has 0 fully saturated rings. The van der Waals surface area contributed by atoms with Gasteiger partial charge in [-0.05, 0) is 12.2 Å². The van der Waals surface area contributed by atoms with Gasteiger partial charge < -0.3 is 4.74 Å². The lowest BCUT2D eigenvalue weighted by atomic mass is 10.00. The van der Waals surface area contributed by atoms with Gasteiger partial charge >= 0.3 is 0 Å². The summed E-state index contributed by atoms with van der Waals surface area (Å²) >= 11 is 0. The smallest absolute Gasteiger partial charge is 0.126 e. The molecule has 0 amide bonds. The first-order valence-corrected chi connectivity index (χ1v) is 3.14. The Morgan fingerprint density at radius 3 is 2.78 bits per heavy atom. The largest absolute Gasteiger partial charge is 0.493 e. The van der Waals surface area contributed by atoms with Gasteiger partial charge in [-0.1, -0.05) is 18.2 Å². The van der Waals surface area contributed by atoms with Crippen molar-refractivity contribution in [3.05, 3.63) is 36.6 Å². The van der Waals surface area contributed by atoms with Crippen LogP contribution in [0.3, 0.4) is 0 Å². The predicted octanol–water partition coefficient (Wildman–Crippen LogP) is 1.64. The van der Waals surface area contributed by atoms with Crippen molar-refractivity contribution in [1.29, 1.82) is 0 Å². The van der Waals surface area contributed by atoms with Crippen molar-refractivity contribution in [2.75, 3.05) is 0 Å². The molecule has 1 heteroatoms. The average molecular weight is 120 g/mol. The fourth-order valence-electron chi connectivity index (χ4n) is 1.14. The minimum atomic E-state index is 0.287. The molecular weight excluding hydrogens is 112 g/mol. The van der Waals surface area contributed by atoms with Crippen molar-refractivity contribution in [3.8, 4) is 0 Å². The van der Waals surface area contributed by atoms with Crippen LogP contribution in [-0.2, 0) is 4.74 Å². The molecule has 1 nitrogen and oxygen atoms in total. The monoisotopic (exact) mass is 120 g/mol. The standard InChI is InChI=1S/C8H8O/c1-2-4-8-7(3-1)5-6-9-8/h1-8H/t7-,8+/m1/s1. The third-order valence-electron chi connectivity index (χ3n) is 1.66. The molecule has 0 aromatic rings. The highest BCUT2D eigenvalue weighted by Gasteiger charge is 2.20. The van der Waals surface area contributed by atoms with Crippen molar-refractivity contribution in [2.24, 2.45) is 5.92 Å². The second kappa shape index (κ2) is 1.76. The van der Waals surface area contributed by atoms with Crippen LogP contribution in [0.15, 0.2) is 36.6 Å². The summed E-state index contributed by atoms with van der Waals surface area (Å²) in [6.45, 7) is 0. The zero-order valence-electron chi connectivity index (χ0n) is 5.03. The van der Waals surface area contributed by atoms with E-state index in [-0.39, 0.29) is 6.10 Å². The fraction of sp³-hybridized carbons (Fsp3) is 0.250. The Bertz CT molecular complexity index is 189. The van der Waals surface area contributed by atoms with Crippen molar-refractivity contribution in [3.63, 3.8) is 0 Å². The molecule has 2 aliphatic rings. The third kappa shape index (κ3) is 0.689. The molecule has 2 rings (SSSR count). The van der Waals surface area contributed by atoms with E-state index in [4.69, 9.17) is 4.74 Å². The van der Waals surface area contributed by atoms with Crippen LogP contribution in [0, 0.1) is 5.92 Å². The van der Waals surface area contributed by atoms with Crippen LogP contribution in [0.5, 0.6) is 0 Å². The van der Waals surface area contributed by atoms with E-state index in [9.17, 15) is 0 Å². The number of hydrogen-bond acceptors (Lipinski definition) is 1. The van der Waals surface area contributed by atoms with Gasteiger partial charge in [-0.15, -0.1) is 0 Å². The predicted molar refractivity (Wildman–Crippen MR) is 35.8 cm³/mol. The minimum Gasteiger partial charge on any atom is -0.493 e. The highest BCUT2D eigenvalue weighted by molar-refractivity contribution is 5.21. The van der Waals surface area contributed by atoms with Crippen LogP contribution >= 0.6 is 0 Å². The summed E-state index contributed by atoms with van der Waals surface area (Å²) in [4.78, 5) is 0. The highest BCUT2D eigenvalue weighted by atomic mass is 16.5. The molecule has 0 N–H and O–H groups in total. The molecule has 1 heterocycles. The number of hydrogen-bond donors (Lipinski definition) is 0. The summed E-state index contributed by atoms with van der Waals surface area (Å²) in [6, 6.07) is 0. The van der Waals surface area contributed by atoms with E-state index in [1.54, 1.807) is 6.26 Å². The molecule has 0 aromatic carbocycles. The van der Waals surface area contributed by atoms with E-state index in [1.807, 2.05) is 6.08 Å². The molecule has 46 valence electrons. The third-order valence-corrected chi connectivity index (χ3v) is 1.66. The first-order chi connectivity index (χ1) is 4.47. The Morgan fingerprint density at radius 1 is 1.00 bits per heavy atom. The highest BCUT2D eigenvalue weighted by Crippen LogP contribution is 2.22. The minimum absolute atomic E-state index is 0.287.